The first kappa shape index (κ1) is 18.4. The Hall–Kier alpha value is -2.89. The van der Waals surface area contributed by atoms with E-state index >= 15 is 0 Å². The molecule has 7 nitrogen and oxygen atoms in total. The van der Waals surface area contributed by atoms with Gasteiger partial charge in [0.2, 0.25) is 10.0 Å². The van der Waals surface area contributed by atoms with E-state index < -0.39 is 15.9 Å². The number of nitriles is 1. The number of ether oxygens (including phenoxy) is 1. The lowest BCUT2D eigenvalue weighted by Crippen LogP contribution is -2.23. The third kappa shape index (κ3) is 4.56. The second-order valence-corrected chi connectivity index (χ2v) is 7.41. The zero-order chi connectivity index (χ0) is 18.4. The Kier molecular flexibility index (Phi) is 5.75. The van der Waals surface area contributed by atoms with E-state index in [4.69, 9.17) is 10.00 Å². The number of hydrogen-bond donors (Lipinski definition) is 1. The van der Waals surface area contributed by atoms with Gasteiger partial charge in [-0.05, 0) is 30.3 Å². The highest BCUT2D eigenvalue weighted by molar-refractivity contribution is 7.89. The van der Waals surface area contributed by atoms with Gasteiger partial charge in [0, 0.05) is 19.8 Å². The van der Waals surface area contributed by atoms with E-state index in [0.717, 1.165) is 4.31 Å². The van der Waals surface area contributed by atoms with Crippen LogP contribution in [0.25, 0.3) is 0 Å². The molecular weight excluding hydrogens is 342 g/mol. The van der Waals surface area contributed by atoms with Crippen molar-refractivity contribution < 1.29 is 17.9 Å². The van der Waals surface area contributed by atoms with Crippen LogP contribution < -0.4 is 10.1 Å². The number of anilines is 1. The van der Waals surface area contributed by atoms with E-state index in [2.05, 4.69) is 5.32 Å². The number of hydrogen-bond acceptors (Lipinski definition) is 5. The molecule has 0 spiro atoms. The lowest BCUT2D eigenvalue weighted by atomic mass is 10.2. The molecule has 0 atom stereocenters. The minimum atomic E-state index is -3.58. The lowest BCUT2D eigenvalue weighted by Gasteiger charge is -2.13. The van der Waals surface area contributed by atoms with Crippen molar-refractivity contribution in [1.29, 1.82) is 5.26 Å². The topological polar surface area (TPSA) is 99.5 Å². The molecule has 1 amide bonds. The lowest BCUT2D eigenvalue weighted by molar-refractivity contribution is -0.118. The number of benzene rings is 2. The van der Waals surface area contributed by atoms with Crippen molar-refractivity contribution in [3.8, 4) is 11.8 Å². The minimum absolute atomic E-state index is 0.0750. The van der Waals surface area contributed by atoms with Crippen molar-refractivity contribution in [3.05, 3.63) is 54.1 Å². The molecule has 2 aromatic rings. The highest BCUT2D eigenvalue weighted by Gasteiger charge is 2.17. The van der Waals surface area contributed by atoms with E-state index in [-0.39, 0.29) is 11.5 Å². The number of nitrogens with zero attached hydrogens (tertiary/aromatic N) is 2. The van der Waals surface area contributed by atoms with Crippen molar-refractivity contribution >= 4 is 21.6 Å². The summed E-state index contributed by atoms with van der Waals surface area (Å²) < 4.78 is 30.6. The van der Waals surface area contributed by atoms with Gasteiger partial charge < -0.3 is 10.1 Å². The van der Waals surface area contributed by atoms with Crippen molar-refractivity contribution in [1.82, 2.24) is 4.31 Å². The predicted octanol–water partition coefficient (Wildman–Crippen LogP) is 1.83. The fourth-order valence-corrected chi connectivity index (χ4v) is 2.92. The molecule has 0 bridgehead atoms. The van der Waals surface area contributed by atoms with Crippen LogP contribution in [0.5, 0.6) is 5.75 Å². The van der Waals surface area contributed by atoms with Crippen LogP contribution in [0.2, 0.25) is 0 Å². The van der Waals surface area contributed by atoms with Crippen LogP contribution in [-0.4, -0.2) is 39.3 Å². The molecule has 0 unspecified atom stereocenters. The Labute approximate surface area is 146 Å². The average molecular weight is 359 g/mol. The SMILES string of the molecule is CN(C)S(=O)(=O)c1cccc(NC(=O)COc2ccccc2C#N)c1. The molecule has 0 saturated carbocycles. The van der Waals surface area contributed by atoms with Gasteiger partial charge in [-0.15, -0.1) is 0 Å². The summed E-state index contributed by atoms with van der Waals surface area (Å²) in [7, 11) is -0.721. The maximum atomic E-state index is 12.1. The summed E-state index contributed by atoms with van der Waals surface area (Å²) in [5.74, 6) is -0.156. The molecule has 0 heterocycles. The van der Waals surface area contributed by atoms with Gasteiger partial charge in [-0.25, -0.2) is 12.7 Å². The molecule has 0 saturated heterocycles. The van der Waals surface area contributed by atoms with E-state index in [0.29, 0.717) is 17.0 Å². The summed E-state index contributed by atoms with van der Waals surface area (Å²) in [5.41, 5.74) is 0.666. The Morgan fingerprint density at radius 2 is 1.92 bits per heavy atom. The Balaban J connectivity index is 2.05. The zero-order valence-corrected chi connectivity index (χ0v) is 14.6. The number of rotatable bonds is 6. The number of carbonyl (C=O) groups is 1. The molecule has 0 aliphatic heterocycles. The highest BCUT2D eigenvalue weighted by Crippen LogP contribution is 2.19. The number of nitrogens with one attached hydrogen (secondary N) is 1. The van der Waals surface area contributed by atoms with Gasteiger partial charge in [0.25, 0.3) is 5.91 Å². The maximum absolute atomic E-state index is 12.1. The third-order valence-corrected chi connectivity index (χ3v) is 5.07. The van der Waals surface area contributed by atoms with Crippen LogP contribution in [0.4, 0.5) is 5.69 Å². The Morgan fingerprint density at radius 1 is 1.20 bits per heavy atom. The van der Waals surface area contributed by atoms with Crippen LogP contribution >= 0.6 is 0 Å². The summed E-state index contributed by atoms with van der Waals surface area (Å²) in [6.07, 6.45) is 0. The van der Waals surface area contributed by atoms with E-state index in [9.17, 15) is 13.2 Å². The first-order valence-corrected chi connectivity index (χ1v) is 8.73. The summed E-state index contributed by atoms with van der Waals surface area (Å²) in [6.45, 7) is -0.302. The van der Waals surface area contributed by atoms with Crippen LogP contribution in [0, 0.1) is 11.3 Å². The molecule has 130 valence electrons. The molecule has 2 rings (SSSR count). The number of sulfonamides is 1. The van der Waals surface area contributed by atoms with Gasteiger partial charge in [-0.2, -0.15) is 5.26 Å². The van der Waals surface area contributed by atoms with E-state index in [1.165, 1.54) is 32.3 Å². The molecule has 0 radical (unpaired) electrons. The van der Waals surface area contributed by atoms with Crippen LogP contribution in [0.1, 0.15) is 5.56 Å². The first-order valence-electron chi connectivity index (χ1n) is 7.29. The van der Waals surface area contributed by atoms with Gasteiger partial charge in [0.05, 0.1) is 10.5 Å². The number of para-hydroxylation sites is 1. The number of amides is 1. The monoisotopic (exact) mass is 359 g/mol. The second kappa shape index (κ2) is 7.79. The average Bonchev–Trinajstić information content (AvgIpc) is 2.60. The molecule has 0 aromatic heterocycles. The summed E-state index contributed by atoms with van der Waals surface area (Å²) in [4.78, 5) is 12.1. The molecule has 0 aliphatic rings. The molecular formula is C17H17N3O4S. The Morgan fingerprint density at radius 3 is 2.60 bits per heavy atom. The smallest absolute Gasteiger partial charge is 0.262 e. The van der Waals surface area contributed by atoms with Crippen molar-refractivity contribution in [3.63, 3.8) is 0 Å². The first-order chi connectivity index (χ1) is 11.8. The summed E-state index contributed by atoms with van der Waals surface area (Å²) >= 11 is 0. The molecule has 0 fully saturated rings. The normalized spacial score (nSPS) is 11.0. The second-order valence-electron chi connectivity index (χ2n) is 5.26. The molecule has 0 aliphatic carbocycles. The van der Waals surface area contributed by atoms with E-state index in [1.54, 1.807) is 30.3 Å². The van der Waals surface area contributed by atoms with Gasteiger partial charge in [0.1, 0.15) is 11.8 Å². The molecule has 2 aromatic carbocycles. The largest absolute Gasteiger partial charge is 0.482 e. The summed E-state index contributed by atoms with van der Waals surface area (Å²) in [6, 6.07) is 14.5. The van der Waals surface area contributed by atoms with Crippen molar-refractivity contribution in [2.45, 2.75) is 4.90 Å². The maximum Gasteiger partial charge on any atom is 0.262 e. The molecule has 8 heteroatoms. The fraction of sp³-hybridized carbons (Fsp3) is 0.176. The predicted molar refractivity (Wildman–Crippen MR) is 92.6 cm³/mol. The highest BCUT2D eigenvalue weighted by atomic mass is 32.2. The molecule has 1 N–H and O–H groups in total. The van der Waals surface area contributed by atoms with Crippen LogP contribution in [0.3, 0.4) is 0 Å². The van der Waals surface area contributed by atoms with Gasteiger partial charge in [-0.1, -0.05) is 18.2 Å². The van der Waals surface area contributed by atoms with Crippen molar-refractivity contribution in [2.75, 3.05) is 26.0 Å². The van der Waals surface area contributed by atoms with Crippen LogP contribution in [-0.2, 0) is 14.8 Å². The number of carbonyl (C=O) groups excluding carboxylic acids is 1. The zero-order valence-electron chi connectivity index (χ0n) is 13.8. The van der Waals surface area contributed by atoms with E-state index in [1.807, 2.05) is 6.07 Å². The van der Waals surface area contributed by atoms with Gasteiger partial charge >= 0.3 is 0 Å². The minimum Gasteiger partial charge on any atom is -0.482 e. The standard InChI is InChI=1S/C17H17N3O4S/c1-20(2)25(22,23)15-8-5-7-14(10-15)19-17(21)12-24-16-9-4-3-6-13(16)11-18/h3-10H,12H2,1-2H3,(H,19,21). The van der Waals surface area contributed by atoms with Crippen LogP contribution in [0.15, 0.2) is 53.4 Å². The van der Waals surface area contributed by atoms with Gasteiger partial charge in [0.15, 0.2) is 6.61 Å². The summed E-state index contributed by atoms with van der Waals surface area (Å²) in [5, 5.41) is 11.6. The van der Waals surface area contributed by atoms with Gasteiger partial charge in [-0.3, -0.25) is 4.79 Å². The quantitative estimate of drug-likeness (QED) is 0.848. The third-order valence-electron chi connectivity index (χ3n) is 3.26. The fourth-order valence-electron chi connectivity index (χ4n) is 1.97. The Bertz CT molecular complexity index is 917. The van der Waals surface area contributed by atoms with Crippen molar-refractivity contribution in [2.24, 2.45) is 0 Å². The molecule has 25 heavy (non-hydrogen) atoms.